The fourth-order valence-electron chi connectivity index (χ4n) is 2.70. The van der Waals surface area contributed by atoms with E-state index in [9.17, 15) is 0 Å². The van der Waals surface area contributed by atoms with Crippen LogP contribution in [0.2, 0.25) is 0 Å². The van der Waals surface area contributed by atoms with E-state index in [0.29, 0.717) is 0 Å². The van der Waals surface area contributed by atoms with Crippen LogP contribution in [0.1, 0.15) is 82.6 Å². The van der Waals surface area contributed by atoms with Gasteiger partial charge >= 0.3 is 0 Å². The summed E-state index contributed by atoms with van der Waals surface area (Å²) in [6.07, 6.45) is 12.0. The van der Waals surface area contributed by atoms with E-state index in [2.05, 4.69) is 37.5 Å². The second kappa shape index (κ2) is 11.3. The molecule has 0 spiro atoms. The maximum atomic E-state index is 3.83. The van der Waals surface area contributed by atoms with E-state index in [-0.39, 0.29) is 0 Å². The van der Waals surface area contributed by atoms with Gasteiger partial charge in [-0.05, 0) is 36.3 Å². The predicted octanol–water partition coefficient (Wildman–Crippen LogP) is 5.93. The Bertz CT molecular complexity index is 322. The van der Waals surface area contributed by atoms with Gasteiger partial charge in [0.25, 0.3) is 0 Å². The summed E-state index contributed by atoms with van der Waals surface area (Å²) in [5, 5.41) is 6.06. The predicted molar refractivity (Wildman–Crippen MR) is 92.6 cm³/mol. The molecule has 0 radical (unpaired) electrons. The number of rotatable bonds is 12. The number of hydrogen-bond acceptors (Lipinski definition) is 2. The minimum absolute atomic E-state index is 0.722. The first-order valence-electron chi connectivity index (χ1n) is 8.60. The topological polar surface area (TPSA) is 12.0 Å². The van der Waals surface area contributed by atoms with Crippen LogP contribution >= 0.6 is 11.3 Å². The summed E-state index contributed by atoms with van der Waals surface area (Å²) in [4.78, 5) is 1.54. The van der Waals surface area contributed by atoms with E-state index in [0.717, 1.165) is 19.0 Å². The van der Waals surface area contributed by atoms with E-state index in [1.54, 1.807) is 4.88 Å². The molecule has 0 unspecified atom stereocenters. The first-order valence-corrected chi connectivity index (χ1v) is 9.48. The van der Waals surface area contributed by atoms with Crippen LogP contribution in [0.25, 0.3) is 0 Å². The molecule has 1 nitrogen and oxygen atoms in total. The third kappa shape index (κ3) is 6.90. The number of thiophene rings is 1. The molecular weight excluding hydrogens is 262 g/mol. The molecule has 0 saturated heterocycles. The van der Waals surface area contributed by atoms with Crippen LogP contribution in [0.15, 0.2) is 11.4 Å². The largest absolute Gasteiger partial charge is 0.309 e. The zero-order chi connectivity index (χ0) is 14.6. The Morgan fingerprint density at radius 1 is 1.00 bits per heavy atom. The maximum Gasteiger partial charge on any atom is 0.0305 e. The minimum Gasteiger partial charge on any atom is -0.309 e. The second-order valence-electron chi connectivity index (χ2n) is 5.79. The molecule has 116 valence electrons. The summed E-state index contributed by atoms with van der Waals surface area (Å²) in [5.41, 5.74) is 1.53. The molecule has 20 heavy (non-hydrogen) atoms. The average molecular weight is 296 g/mol. The van der Waals surface area contributed by atoms with Crippen molar-refractivity contribution in [2.45, 2.75) is 91.1 Å². The molecule has 0 aliphatic rings. The Morgan fingerprint density at radius 3 is 2.20 bits per heavy atom. The molecule has 1 aromatic heterocycles. The van der Waals surface area contributed by atoms with E-state index in [1.165, 1.54) is 56.9 Å². The maximum absolute atomic E-state index is 3.83. The Balaban J connectivity index is 2.37. The van der Waals surface area contributed by atoms with E-state index in [4.69, 9.17) is 0 Å². The molecule has 1 aromatic rings. The number of aryl methyl sites for hydroxylation is 1. The smallest absolute Gasteiger partial charge is 0.0305 e. The fraction of sp³-hybridized carbons (Fsp3) is 0.778. The minimum atomic E-state index is 0.722. The van der Waals surface area contributed by atoms with Gasteiger partial charge in [0.15, 0.2) is 0 Å². The van der Waals surface area contributed by atoms with Crippen molar-refractivity contribution < 1.29 is 0 Å². The molecule has 0 aliphatic heterocycles. The van der Waals surface area contributed by atoms with Gasteiger partial charge in [0.05, 0.1) is 0 Å². The van der Waals surface area contributed by atoms with Crippen LogP contribution in [0.4, 0.5) is 0 Å². The average Bonchev–Trinajstić information content (AvgIpc) is 2.92. The molecule has 2 heteroatoms. The van der Waals surface area contributed by atoms with Crippen molar-refractivity contribution in [3.8, 4) is 0 Å². The van der Waals surface area contributed by atoms with Crippen LogP contribution in [0.3, 0.4) is 0 Å². The van der Waals surface area contributed by atoms with Crippen LogP contribution in [0.5, 0.6) is 0 Å². The molecule has 0 amide bonds. The first-order chi connectivity index (χ1) is 9.81. The summed E-state index contributed by atoms with van der Waals surface area (Å²) in [7, 11) is 0. The Hall–Kier alpha value is -0.340. The first kappa shape index (κ1) is 17.7. The molecule has 1 heterocycles. The van der Waals surface area contributed by atoms with Crippen molar-refractivity contribution >= 4 is 11.3 Å². The highest BCUT2D eigenvalue weighted by Gasteiger charge is 2.09. The summed E-state index contributed by atoms with van der Waals surface area (Å²) in [6.45, 7) is 7.91. The molecule has 0 fully saturated rings. The van der Waals surface area contributed by atoms with Gasteiger partial charge in [0.2, 0.25) is 0 Å². The normalized spacial score (nSPS) is 11.4. The molecule has 0 saturated carbocycles. The van der Waals surface area contributed by atoms with Crippen molar-refractivity contribution in [1.82, 2.24) is 5.32 Å². The lowest BCUT2D eigenvalue weighted by Crippen LogP contribution is -2.28. The van der Waals surface area contributed by atoms with Crippen molar-refractivity contribution in [3.05, 3.63) is 21.9 Å². The van der Waals surface area contributed by atoms with Gasteiger partial charge in [-0.25, -0.2) is 0 Å². The third-order valence-electron chi connectivity index (χ3n) is 4.08. The molecule has 0 aliphatic carbocycles. The lowest BCUT2D eigenvalue weighted by Gasteiger charge is -2.19. The van der Waals surface area contributed by atoms with E-state index < -0.39 is 0 Å². The van der Waals surface area contributed by atoms with Gasteiger partial charge in [-0.3, -0.25) is 0 Å². The van der Waals surface area contributed by atoms with E-state index in [1.807, 2.05) is 11.3 Å². The van der Waals surface area contributed by atoms with Crippen molar-refractivity contribution in [1.29, 1.82) is 0 Å². The van der Waals surface area contributed by atoms with Gasteiger partial charge in [0, 0.05) is 17.5 Å². The third-order valence-corrected chi connectivity index (χ3v) is 5.05. The highest BCUT2D eigenvalue weighted by Crippen LogP contribution is 2.18. The Labute approximate surface area is 130 Å². The Kier molecular flexibility index (Phi) is 10.0. The Morgan fingerprint density at radius 2 is 1.65 bits per heavy atom. The lowest BCUT2D eigenvalue weighted by molar-refractivity contribution is 0.418. The molecule has 0 bridgehead atoms. The van der Waals surface area contributed by atoms with Crippen molar-refractivity contribution in [2.75, 3.05) is 0 Å². The van der Waals surface area contributed by atoms with Gasteiger partial charge in [0.1, 0.15) is 0 Å². The van der Waals surface area contributed by atoms with Crippen molar-refractivity contribution in [2.24, 2.45) is 0 Å². The number of unbranched alkanes of at least 4 members (excludes halogenated alkanes) is 4. The molecule has 1 rings (SSSR count). The monoisotopic (exact) mass is 295 g/mol. The summed E-state index contributed by atoms with van der Waals surface area (Å²) >= 11 is 1.91. The highest BCUT2D eigenvalue weighted by atomic mass is 32.1. The van der Waals surface area contributed by atoms with Gasteiger partial charge in [-0.1, -0.05) is 59.3 Å². The summed E-state index contributed by atoms with van der Waals surface area (Å²) in [5.74, 6) is 0. The quantitative estimate of drug-likeness (QED) is 0.471. The van der Waals surface area contributed by atoms with Gasteiger partial charge in [-0.15, -0.1) is 11.3 Å². The highest BCUT2D eigenvalue weighted by molar-refractivity contribution is 7.10. The van der Waals surface area contributed by atoms with E-state index >= 15 is 0 Å². The SMILES string of the molecule is CCCCCC(CCCCC)NCc1sccc1CC. The van der Waals surface area contributed by atoms with Crippen LogP contribution in [-0.4, -0.2) is 6.04 Å². The summed E-state index contributed by atoms with van der Waals surface area (Å²) < 4.78 is 0. The van der Waals surface area contributed by atoms with Crippen LogP contribution in [-0.2, 0) is 13.0 Å². The zero-order valence-electron chi connectivity index (χ0n) is 13.7. The van der Waals surface area contributed by atoms with Gasteiger partial charge < -0.3 is 5.32 Å². The lowest BCUT2D eigenvalue weighted by atomic mass is 10.0. The standard InChI is InChI=1S/C18H33NS/c1-4-7-9-11-17(12-10-8-5-2)19-15-18-16(6-3)13-14-20-18/h13-14,17,19H,4-12,15H2,1-3H3. The van der Waals surface area contributed by atoms with Crippen LogP contribution in [0, 0.1) is 0 Å². The molecule has 1 N–H and O–H groups in total. The molecule has 0 aromatic carbocycles. The second-order valence-corrected chi connectivity index (χ2v) is 6.79. The summed E-state index contributed by atoms with van der Waals surface area (Å²) in [6, 6.07) is 3.00. The van der Waals surface area contributed by atoms with Gasteiger partial charge in [-0.2, -0.15) is 0 Å². The van der Waals surface area contributed by atoms with Crippen molar-refractivity contribution in [3.63, 3.8) is 0 Å². The number of hydrogen-bond donors (Lipinski definition) is 1. The number of nitrogens with one attached hydrogen (secondary N) is 1. The van der Waals surface area contributed by atoms with Crippen LogP contribution < -0.4 is 5.32 Å². The molecule has 0 atom stereocenters. The fourth-order valence-corrected chi connectivity index (χ4v) is 3.63. The molecular formula is C18H33NS. The zero-order valence-corrected chi connectivity index (χ0v) is 14.5.